The molecule has 0 bridgehead atoms. The summed E-state index contributed by atoms with van der Waals surface area (Å²) < 4.78 is 38.5. The molecule has 20 heavy (non-hydrogen) atoms. The Bertz CT molecular complexity index is 633. The highest BCUT2D eigenvalue weighted by atomic mass is 79.9. The van der Waals surface area contributed by atoms with Crippen molar-refractivity contribution >= 4 is 31.9 Å². The van der Waals surface area contributed by atoms with Crippen LogP contribution in [0.15, 0.2) is 39.3 Å². The Hall–Kier alpha value is -1.14. The van der Waals surface area contributed by atoms with Crippen LogP contribution in [-0.4, -0.2) is 7.11 Å². The summed E-state index contributed by atoms with van der Waals surface area (Å²) in [6, 6.07) is 7.77. The Balaban J connectivity index is 2.21. The summed E-state index contributed by atoms with van der Waals surface area (Å²) in [4.78, 5) is 0. The second-order valence-corrected chi connectivity index (χ2v) is 5.72. The lowest BCUT2D eigenvalue weighted by molar-refractivity contribution is 0.283. The smallest absolute Gasteiger partial charge is 0.200 e. The van der Waals surface area contributed by atoms with Crippen LogP contribution in [0.4, 0.5) is 8.78 Å². The van der Waals surface area contributed by atoms with Crippen molar-refractivity contribution in [2.24, 2.45) is 0 Å². The average molecular weight is 408 g/mol. The van der Waals surface area contributed by atoms with Crippen LogP contribution in [0.3, 0.4) is 0 Å². The molecule has 0 aliphatic rings. The minimum atomic E-state index is -1.01. The van der Waals surface area contributed by atoms with Gasteiger partial charge in [-0.3, -0.25) is 0 Å². The third kappa shape index (κ3) is 3.49. The van der Waals surface area contributed by atoms with Crippen molar-refractivity contribution in [3.8, 4) is 11.5 Å². The molecule has 0 heterocycles. The topological polar surface area (TPSA) is 18.5 Å². The molecule has 0 aromatic heterocycles. The van der Waals surface area contributed by atoms with E-state index in [1.165, 1.54) is 6.07 Å². The quantitative estimate of drug-likeness (QED) is 0.658. The first-order valence-corrected chi connectivity index (χ1v) is 7.19. The minimum absolute atomic E-state index is 0.0879. The molecule has 0 spiro atoms. The van der Waals surface area contributed by atoms with Gasteiger partial charge in [0, 0.05) is 14.5 Å². The van der Waals surface area contributed by atoms with E-state index >= 15 is 0 Å². The molecule has 0 fully saturated rings. The van der Waals surface area contributed by atoms with E-state index in [9.17, 15) is 8.78 Å². The van der Waals surface area contributed by atoms with Gasteiger partial charge in [0.2, 0.25) is 5.82 Å². The first kappa shape index (κ1) is 15.3. The van der Waals surface area contributed by atoms with Crippen molar-refractivity contribution in [2.45, 2.75) is 6.61 Å². The molecule has 0 N–H and O–H groups in total. The zero-order valence-corrected chi connectivity index (χ0v) is 13.6. The fourth-order valence-electron chi connectivity index (χ4n) is 1.58. The van der Waals surface area contributed by atoms with Gasteiger partial charge in [0.15, 0.2) is 11.6 Å². The predicted molar refractivity (Wildman–Crippen MR) is 79.1 cm³/mol. The molecule has 2 rings (SSSR count). The van der Waals surface area contributed by atoms with Crippen LogP contribution < -0.4 is 9.47 Å². The number of methoxy groups -OCH3 is 1. The number of ether oxygens (including phenoxy) is 2. The van der Waals surface area contributed by atoms with Crippen LogP contribution in [0.25, 0.3) is 0 Å². The summed E-state index contributed by atoms with van der Waals surface area (Å²) >= 11 is 6.46. The van der Waals surface area contributed by atoms with Gasteiger partial charge in [-0.2, -0.15) is 4.39 Å². The number of halogens is 4. The largest absolute Gasteiger partial charge is 0.497 e. The van der Waals surface area contributed by atoms with E-state index in [4.69, 9.17) is 9.47 Å². The number of benzene rings is 2. The van der Waals surface area contributed by atoms with Crippen molar-refractivity contribution < 1.29 is 18.3 Å². The van der Waals surface area contributed by atoms with Gasteiger partial charge < -0.3 is 9.47 Å². The highest BCUT2D eigenvalue weighted by Gasteiger charge is 2.12. The van der Waals surface area contributed by atoms with Gasteiger partial charge in [-0.25, -0.2) is 4.39 Å². The molecule has 0 unspecified atom stereocenters. The summed E-state index contributed by atoms with van der Waals surface area (Å²) in [5.74, 6) is -1.45. The third-order valence-electron chi connectivity index (χ3n) is 2.60. The highest BCUT2D eigenvalue weighted by Crippen LogP contribution is 2.28. The molecule has 0 saturated carbocycles. The molecule has 0 saturated heterocycles. The highest BCUT2D eigenvalue weighted by molar-refractivity contribution is 9.10. The van der Waals surface area contributed by atoms with E-state index in [0.29, 0.717) is 10.2 Å². The van der Waals surface area contributed by atoms with Gasteiger partial charge in [0.1, 0.15) is 12.4 Å². The second kappa shape index (κ2) is 6.54. The van der Waals surface area contributed by atoms with Crippen molar-refractivity contribution in [3.05, 3.63) is 56.5 Å². The first-order valence-electron chi connectivity index (χ1n) is 5.61. The van der Waals surface area contributed by atoms with E-state index in [1.807, 2.05) is 0 Å². The number of hydrogen-bond donors (Lipinski definition) is 0. The Morgan fingerprint density at radius 2 is 1.85 bits per heavy atom. The Morgan fingerprint density at radius 1 is 1.10 bits per heavy atom. The fourth-order valence-corrected chi connectivity index (χ4v) is 2.35. The van der Waals surface area contributed by atoms with Gasteiger partial charge >= 0.3 is 0 Å². The molecular weight excluding hydrogens is 398 g/mol. The standard InChI is InChI=1S/C14H10Br2F2O2/c1-19-10-2-3-11(16)8(4-10)7-20-13-6-9(15)5-12(17)14(13)18/h2-6H,7H2,1H3. The Morgan fingerprint density at radius 3 is 2.55 bits per heavy atom. The molecular formula is C14H10Br2F2O2. The van der Waals surface area contributed by atoms with Crippen LogP contribution >= 0.6 is 31.9 Å². The van der Waals surface area contributed by atoms with Gasteiger partial charge in [0.05, 0.1) is 7.11 Å². The molecule has 2 nitrogen and oxygen atoms in total. The third-order valence-corrected chi connectivity index (χ3v) is 3.83. The van der Waals surface area contributed by atoms with Crippen LogP contribution in [0.1, 0.15) is 5.56 Å². The fraction of sp³-hybridized carbons (Fsp3) is 0.143. The van der Waals surface area contributed by atoms with Gasteiger partial charge in [-0.05, 0) is 30.3 Å². The molecule has 0 aliphatic heterocycles. The summed E-state index contributed by atoms with van der Waals surface area (Å²) in [5, 5.41) is 0. The van der Waals surface area contributed by atoms with Crippen LogP contribution in [0.5, 0.6) is 11.5 Å². The van der Waals surface area contributed by atoms with Crippen LogP contribution in [0.2, 0.25) is 0 Å². The van der Waals surface area contributed by atoms with E-state index < -0.39 is 11.6 Å². The lowest BCUT2D eigenvalue weighted by atomic mass is 10.2. The normalized spacial score (nSPS) is 10.4. The Kier molecular flexibility index (Phi) is 4.99. The number of hydrogen-bond acceptors (Lipinski definition) is 2. The van der Waals surface area contributed by atoms with Crippen molar-refractivity contribution in [1.82, 2.24) is 0 Å². The lowest BCUT2D eigenvalue weighted by Crippen LogP contribution is -2.00. The summed E-state index contributed by atoms with van der Waals surface area (Å²) in [5.41, 5.74) is 0.768. The zero-order valence-electron chi connectivity index (χ0n) is 10.4. The monoisotopic (exact) mass is 406 g/mol. The van der Waals surface area contributed by atoms with Gasteiger partial charge in [-0.15, -0.1) is 0 Å². The maximum Gasteiger partial charge on any atom is 0.200 e. The second-order valence-electron chi connectivity index (χ2n) is 3.95. The van der Waals surface area contributed by atoms with Crippen molar-refractivity contribution in [2.75, 3.05) is 7.11 Å². The molecule has 2 aromatic carbocycles. The van der Waals surface area contributed by atoms with Gasteiger partial charge in [0.25, 0.3) is 0 Å². The summed E-state index contributed by atoms with van der Waals surface area (Å²) in [6.45, 7) is 0.0879. The Labute approximate surface area is 132 Å². The minimum Gasteiger partial charge on any atom is -0.497 e. The maximum absolute atomic E-state index is 13.6. The summed E-state index contributed by atoms with van der Waals surface area (Å²) in [6.07, 6.45) is 0. The predicted octanol–water partition coefficient (Wildman–Crippen LogP) is 5.08. The number of rotatable bonds is 4. The van der Waals surface area contributed by atoms with E-state index in [2.05, 4.69) is 31.9 Å². The van der Waals surface area contributed by atoms with Crippen LogP contribution in [0, 0.1) is 11.6 Å². The van der Waals surface area contributed by atoms with E-state index in [1.54, 1.807) is 25.3 Å². The lowest BCUT2D eigenvalue weighted by Gasteiger charge is -2.11. The zero-order chi connectivity index (χ0) is 14.7. The summed E-state index contributed by atoms with van der Waals surface area (Å²) in [7, 11) is 1.55. The average Bonchev–Trinajstić information content (AvgIpc) is 2.42. The SMILES string of the molecule is COc1ccc(Br)c(COc2cc(Br)cc(F)c2F)c1. The maximum atomic E-state index is 13.6. The van der Waals surface area contributed by atoms with Gasteiger partial charge in [-0.1, -0.05) is 31.9 Å². The van der Waals surface area contributed by atoms with E-state index in [0.717, 1.165) is 16.1 Å². The van der Waals surface area contributed by atoms with Crippen molar-refractivity contribution in [1.29, 1.82) is 0 Å². The first-order chi connectivity index (χ1) is 9.51. The molecule has 0 radical (unpaired) electrons. The molecule has 0 aliphatic carbocycles. The van der Waals surface area contributed by atoms with Crippen LogP contribution in [-0.2, 0) is 6.61 Å². The van der Waals surface area contributed by atoms with Crippen molar-refractivity contribution in [3.63, 3.8) is 0 Å². The molecule has 0 amide bonds. The molecule has 2 aromatic rings. The molecule has 0 atom stereocenters. The molecule has 106 valence electrons. The molecule has 6 heteroatoms. The van der Waals surface area contributed by atoms with E-state index in [-0.39, 0.29) is 12.4 Å².